The van der Waals surface area contributed by atoms with Gasteiger partial charge in [-0.15, -0.1) is 24.0 Å². The van der Waals surface area contributed by atoms with Crippen LogP contribution in [0.3, 0.4) is 0 Å². The summed E-state index contributed by atoms with van der Waals surface area (Å²) in [7, 11) is 0. The van der Waals surface area contributed by atoms with Crippen LogP contribution in [0.5, 0.6) is 0 Å². The van der Waals surface area contributed by atoms with Gasteiger partial charge in [-0.3, -0.25) is 0 Å². The molecule has 0 saturated heterocycles. The lowest BCUT2D eigenvalue weighted by Crippen LogP contribution is -2.32. The number of unbranched alkanes of at least 4 members (excludes halogenated alkanes) is 1. The van der Waals surface area contributed by atoms with E-state index in [9.17, 15) is 4.39 Å². The summed E-state index contributed by atoms with van der Waals surface area (Å²) < 4.78 is 14.2. The number of guanidine groups is 1. The van der Waals surface area contributed by atoms with Gasteiger partial charge in [-0.2, -0.15) is 0 Å². The molecule has 0 aliphatic carbocycles. The number of nitrogens with two attached hydrogens (primary N) is 1. The Kier molecular flexibility index (Phi) is 9.35. The van der Waals surface area contributed by atoms with E-state index in [-0.39, 0.29) is 36.3 Å². The first-order valence-electron chi connectivity index (χ1n) is 5.61. The minimum absolute atomic E-state index is 0. The van der Waals surface area contributed by atoms with Crippen LogP contribution in [0.25, 0.3) is 0 Å². The normalized spacial score (nSPS) is 10.9. The van der Waals surface area contributed by atoms with Gasteiger partial charge in [0, 0.05) is 16.6 Å². The second kappa shape index (κ2) is 9.55. The Morgan fingerprint density at radius 2 is 2.22 bits per heavy atom. The first kappa shape index (κ1) is 17.6. The Morgan fingerprint density at radius 1 is 1.50 bits per heavy atom. The summed E-state index contributed by atoms with van der Waals surface area (Å²) in [5.41, 5.74) is 6.18. The molecule has 0 amide bonds. The molecule has 0 radical (unpaired) electrons. The Morgan fingerprint density at radius 3 is 2.89 bits per heavy atom. The minimum atomic E-state index is -0.265. The highest BCUT2D eigenvalue weighted by Gasteiger charge is 2.02. The van der Waals surface area contributed by atoms with Crippen molar-refractivity contribution in [3.05, 3.63) is 34.1 Å². The number of benzene rings is 1. The first-order chi connectivity index (χ1) is 8.13. The average Bonchev–Trinajstić information content (AvgIpc) is 2.31. The molecule has 0 spiro atoms. The molecule has 18 heavy (non-hydrogen) atoms. The third-order valence-electron chi connectivity index (χ3n) is 2.26. The quantitative estimate of drug-likeness (QED) is 0.326. The van der Waals surface area contributed by atoms with Gasteiger partial charge in [-0.05, 0) is 24.6 Å². The maximum Gasteiger partial charge on any atom is 0.188 e. The molecule has 0 atom stereocenters. The van der Waals surface area contributed by atoms with Gasteiger partial charge in [0.25, 0.3) is 0 Å². The maximum atomic E-state index is 13.4. The van der Waals surface area contributed by atoms with Gasteiger partial charge in [0.15, 0.2) is 5.96 Å². The van der Waals surface area contributed by atoms with E-state index in [1.807, 2.05) is 0 Å². The summed E-state index contributed by atoms with van der Waals surface area (Å²) in [6.07, 6.45) is 2.14. The van der Waals surface area contributed by atoms with E-state index in [0.29, 0.717) is 11.5 Å². The van der Waals surface area contributed by atoms with E-state index in [1.54, 1.807) is 12.1 Å². The number of rotatable bonds is 5. The molecule has 0 bridgehead atoms. The van der Waals surface area contributed by atoms with Crippen LogP contribution in [-0.2, 0) is 6.54 Å². The number of hydrogen-bond donors (Lipinski definition) is 2. The van der Waals surface area contributed by atoms with Crippen molar-refractivity contribution >= 4 is 45.9 Å². The van der Waals surface area contributed by atoms with Crippen LogP contribution in [0.2, 0.25) is 0 Å². The predicted molar refractivity (Wildman–Crippen MR) is 87.8 cm³/mol. The van der Waals surface area contributed by atoms with Gasteiger partial charge in [0.2, 0.25) is 0 Å². The van der Waals surface area contributed by atoms with E-state index in [0.717, 1.165) is 23.9 Å². The molecule has 3 nitrogen and oxygen atoms in total. The Bertz CT molecular complexity index is 399. The average molecular weight is 430 g/mol. The standard InChI is InChI=1S/C12H17BrFN3.HI/c1-2-3-6-16-12(15)17-8-9-7-10(13)4-5-11(9)14;/h4-5,7H,2-3,6,8H2,1H3,(H3,15,16,17);1H. The third kappa shape index (κ3) is 6.53. The molecular formula is C12H18BrFIN3. The van der Waals surface area contributed by atoms with E-state index < -0.39 is 0 Å². The number of hydrogen-bond acceptors (Lipinski definition) is 1. The summed E-state index contributed by atoms with van der Waals surface area (Å²) >= 11 is 3.29. The summed E-state index contributed by atoms with van der Waals surface area (Å²) in [6, 6.07) is 4.78. The van der Waals surface area contributed by atoms with Crippen molar-refractivity contribution in [2.45, 2.75) is 26.3 Å². The Balaban J connectivity index is 0.00000289. The highest BCUT2D eigenvalue weighted by atomic mass is 127. The van der Waals surface area contributed by atoms with E-state index >= 15 is 0 Å². The molecule has 0 fully saturated rings. The third-order valence-corrected chi connectivity index (χ3v) is 2.76. The zero-order chi connectivity index (χ0) is 12.7. The number of nitrogens with one attached hydrogen (secondary N) is 1. The van der Waals surface area contributed by atoms with Crippen LogP contribution in [0.1, 0.15) is 25.3 Å². The zero-order valence-corrected chi connectivity index (χ0v) is 14.2. The van der Waals surface area contributed by atoms with Crippen molar-refractivity contribution in [1.82, 2.24) is 5.32 Å². The molecule has 0 aliphatic rings. The molecule has 0 saturated carbocycles. The summed E-state index contributed by atoms with van der Waals surface area (Å²) in [5.74, 6) is 0.0936. The van der Waals surface area contributed by atoms with Crippen LogP contribution in [0, 0.1) is 5.82 Å². The molecule has 0 aliphatic heterocycles. The molecule has 102 valence electrons. The molecule has 0 aromatic heterocycles. The number of halogens is 3. The van der Waals surface area contributed by atoms with Gasteiger partial charge in [0.1, 0.15) is 5.82 Å². The maximum absolute atomic E-state index is 13.4. The smallest absolute Gasteiger partial charge is 0.188 e. The molecule has 0 unspecified atom stereocenters. The van der Waals surface area contributed by atoms with Crippen LogP contribution >= 0.6 is 39.9 Å². The highest BCUT2D eigenvalue weighted by Crippen LogP contribution is 2.16. The molecule has 1 rings (SSSR count). The monoisotopic (exact) mass is 429 g/mol. The van der Waals surface area contributed by atoms with E-state index in [4.69, 9.17) is 5.73 Å². The van der Waals surface area contributed by atoms with Crippen molar-refractivity contribution in [2.24, 2.45) is 10.7 Å². The molecule has 1 aromatic carbocycles. The Labute approximate surface area is 133 Å². The lowest BCUT2D eigenvalue weighted by atomic mass is 10.2. The highest BCUT2D eigenvalue weighted by molar-refractivity contribution is 14.0. The van der Waals surface area contributed by atoms with Crippen molar-refractivity contribution in [1.29, 1.82) is 0 Å². The Hall–Kier alpha value is -0.370. The van der Waals surface area contributed by atoms with Gasteiger partial charge in [-0.25, -0.2) is 9.38 Å². The molecule has 0 heterocycles. The zero-order valence-electron chi connectivity index (χ0n) is 10.2. The summed E-state index contributed by atoms with van der Waals surface area (Å²) in [5, 5.41) is 2.98. The van der Waals surface area contributed by atoms with Gasteiger partial charge >= 0.3 is 0 Å². The first-order valence-corrected chi connectivity index (χ1v) is 6.40. The van der Waals surface area contributed by atoms with Crippen LogP contribution in [0.4, 0.5) is 4.39 Å². The molecule has 3 N–H and O–H groups in total. The van der Waals surface area contributed by atoms with Gasteiger partial charge in [-0.1, -0.05) is 29.3 Å². The summed E-state index contributed by atoms with van der Waals surface area (Å²) in [4.78, 5) is 4.09. The topological polar surface area (TPSA) is 50.4 Å². The summed E-state index contributed by atoms with van der Waals surface area (Å²) in [6.45, 7) is 3.15. The fourth-order valence-electron chi connectivity index (χ4n) is 1.28. The van der Waals surface area contributed by atoms with E-state index in [2.05, 4.69) is 33.2 Å². The fourth-order valence-corrected chi connectivity index (χ4v) is 1.69. The molecular weight excluding hydrogens is 412 g/mol. The number of aliphatic imine (C=N–C) groups is 1. The van der Waals surface area contributed by atoms with Crippen molar-refractivity contribution in [3.63, 3.8) is 0 Å². The van der Waals surface area contributed by atoms with Crippen molar-refractivity contribution in [3.8, 4) is 0 Å². The molecule has 6 heteroatoms. The second-order valence-corrected chi connectivity index (χ2v) is 4.63. The van der Waals surface area contributed by atoms with Crippen molar-refractivity contribution in [2.75, 3.05) is 6.54 Å². The predicted octanol–water partition coefficient (Wildman–Crippen LogP) is 3.41. The van der Waals surface area contributed by atoms with Crippen LogP contribution < -0.4 is 11.1 Å². The van der Waals surface area contributed by atoms with Gasteiger partial charge in [0.05, 0.1) is 6.54 Å². The van der Waals surface area contributed by atoms with E-state index in [1.165, 1.54) is 6.07 Å². The van der Waals surface area contributed by atoms with Crippen molar-refractivity contribution < 1.29 is 4.39 Å². The number of nitrogens with zero attached hydrogens (tertiary/aromatic N) is 1. The molecule has 1 aromatic rings. The SMILES string of the molecule is CCCCNC(N)=NCc1cc(Br)ccc1F.I. The largest absolute Gasteiger partial charge is 0.370 e. The van der Waals surface area contributed by atoms with Crippen LogP contribution in [0.15, 0.2) is 27.7 Å². The fraction of sp³-hybridized carbons (Fsp3) is 0.417. The lowest BCUT2D eigenvalue weighted by molar-refractivity contribution is 0.610. The van der Waals surface area contributed by atoms with Crippen LogP contribution in [-0.4, -0.2) is 12.5 Å². The van der Waals surface area contributed by atoms with Gasteiger partial charge < -0.3 is 11.1 Å². The minimum Gasteiger partial charge on any atom is -0.370 e. The second-order valence-electron chi connectivity index (χ2n) is 3.72. The lowest BCUT2D eigenvalue weighted by Gasteiger charge is -2.05.